The number of nitrogens with zero attached hydrogens (tertiary/aromatic N) is 2. The lowest BCUT2D eigenvalue weighted by Gasteiger charge is -2.29. The highest BCUT2D eigenvalue weighted by Gasteiger charge is 2.42. The van der Waals surface area contributed by atoms with Crippen molar-refractivity contribution in [2.75, 3.05) is 20.1 Å². The first-order valence-corrected chi connectivity index (χ1v) is 6.78. The smallest absolute Gasteiger partial charge is 0.210 e. The SMILES string of the molecule is C[N+]1=C[N+]2(CCCC2)c2cccc3cccc1c23. The molecule has 1 fully saturated rings. The second-order valence-corrected chi connectivity index (χ2v) is 5.57. The lowest BCUT2D eigenvalue weighted by Crippen LogP contribution is -2.48. The molecular weight excluding hydrogens is 220 g/mol. The standard InChI is InChI=1S/C16H18N2/c1-17-12-18(10-2-3-11-18)15-9-5-7-13-6-4-8-14(17)16(13)15/h4-9,12H,2-3,10-11H2,1H3/q+2. The topological polar surface area (TPSA) is 3.01 Å². The van der Waals surface area contributed by atoms with Crippen LogP contribution in [0.15, 0.2) is 36.4 Å². The Bertz CT molecular complexity index is 659. The summed E-state index contributed by atoms with van der Waals surface area (Å²) in [4.78, 5) is 0. The largest absolute Gasteiger partial charge is 0.337 e. The van der Waals surface area contributed by atoms with Crippen molar-refractivity contribution in [3.63, 3.8) is 0 Å². The molecule has 2 aromatic rings. The monoisotopic (exact) mass is 238 g/mol. The number of fused-ring (bicyclic) bond motifs is 1. The third-order valence-corrected chi connectivity index (χ3v) is 4.48. The Balaban J connectivity index is 2.14. The van der Waals surface area contributed by atoms with Crippen molar-refractivity contribution in [3.8, 4) is 0 Å². The maximum atomic E-state index is 2.41. The van der Waals surface area contributed by atoms with Gasteiger partial charge in [0.1, 0.15) is 12.4 Å². The molecule has 0 amide bonds. The van der Waals surface area contributed by atoms with E-state index in [0.29, 0.717) is 0 Å². The average Bonchev–Trinajstić information content (AvgIpc) is 2.85. The Morgan fingerprint density at radius 1 is 1.00 bits per heavy atom. The van der Waals surface area contributed by atoms with Crippen LogP contribution in [-0.2, 0) is 0 Å². The first-order chi connectivity index (χ1) is 8.80. The number of quaternary nitrogens is 1. The van der Waals surface area contributed by atoms with E-state index in [1.54, 1.807) is 0 Å². The van der Waals surface area contributed by atoms with Crippen molar-refractivity contribution < 1.29 is 4.58 Å². The maximum Gasteiger partial charge on any atom is 0.337 e. The highest BCUT2D eigenvalue weighted by Crippen LogP contribution is 2.41. The molecule has 0 radical (unpaired) electrons. The molecule has 2 heterocycles. The van der Waals surface area contributed by atoms with Gasteiger partial charge < -0.3 is 0 Å². The molecule has 4 rings (SSSR count). The van der Waals surface area contributed by atoms with Gasteiger partial charge in [0.25, 0.3) is 0 Å². The number of rotatable bonds is 0. The van der Waals surface area contributed by atoms with Gasteiger partial charge in [-0.25, -0.2) is 4.48 Å². The summed E-state index contributed by atoms with van der Waals surface area (Å²) in [5, 5.41) is 2.82. The zero-order valence-corrected chi connectivity index (χ0v) is 10.8. The van der Waals surface area contributed by atoms with E-state index in [1.807, 2.05) is 0 Å². The summed E-state index contributed by atoms with van der Waals surface area (Å²) in [5.41, 5.74) is 2.84. The number of hydrogen-bond donors (Lipinski definition) is 0. The van der Waals surface area contributed by atoms with Crippen molar-refractivity contribution in [2.24, 2.45) is 0 Å². The maximum absolute atomic E-state index is 2.41. The predicted octanol–water partition coefficient (Wildman–Crippen LogP) is 3.26. The van der Waals surface area contributed by atoms with Gasteiger partial charge in [-0.2, -0.15) is 4.58 Å². The minimum Gasteiger partial charge on any atom is -0.210 e. The van der Waals surface area contributed by atoms with Crippen molar-refractivity contribution in [1.29, 1.82) is 0 Å². The Hall–Kier alpha value is -1.67. The Morgan fingerprint density at radius 3 is 2.50 bits per heavy atom. The molecule has 0 aromatic heterocycles. The minimum atomic E-state index is 1.05. The molecule has 0 saturated carbocycles. The molecule has 90 valence electrons. The van der Waals surface area contributed by atoms with E-state index >= 15 is 0 Å². The molecule has 1 saturated heterocycles. The quantitative estimate of drug-likeness (QED) is 0.489. The van der Waals surface area contributed by atoms with Gasteiger partial charge in [-0.15, -0.1) is 0 Å². The van der Waals surface area contributed by atoms with Crippen LogP contribution in [-0.4, -0.2) is 31.1 Å². The van der Waals surface area contributed by atoms with E-state index in [4.69, 9.17) is 0 Å². The molecule has 2 aliphatic heterocycles. The zero-order chi connectivity index (χ0) is 12.2. The van der Waals surface area contributed by atoms with E-state index in [9.17, 15) is 0 Å². The highest BCUT2D eigenvalue weighted by molar-refractivity contribution is 6.04. The third-order valence-electron chi connectivity index (χ3n) is 4.48. The average molecular weight is 238 g/mol. The molecule has 0 unspecified atom stereocenters. The van der Waals surface area contributed by atoms with Crippen molar-refractivity contribution in [3.05, 3.63) is 36.4 Å². The fraction of sp³-hybridized carbons (Fsp3) is 0.312. The lowest BCUT2D eigenvalue weighted by molar-refractivity contribution is -0.404. The molecule has 0 bridgehead atoms. The van der Waals surface area contributed by atoms with E-state index < -0.39 is 0 Å². The van der Waals surface area contributed by atoms with E-state index in [0.717, 1.165) is 4.48 Å². The summed E-state index contributed by atoms with van der Waals surface area (Å²) < 4.78 is 3.37. The Labute approximate surface area is 107 Å². The summed E-state index contributed by atoms with van der Waals surface area (Å²) in [5.74, 6) is 0. The summed E-state index contributed by atoms with van der Waals surface area (Å²) >= 11 is 0. The Kier molecular flexibility index (Phi) is 1.95. The van der Waals surface area contributed by atoms with Crippen LogP contribution >= 0.6 is 0 Å². The fourth-order valence-corrected chi connectivity index (χ4v) is 3.68. The van der Waals surface area contributed by atoms with Crippen LogP contribution in [0.4, 0.5) is 11.4 Å². The molecule has 2 aromatic carbocycles. The van der Waals surface area contributed by atoms with E-state index in [-0.39, 0.29) is 0 Å². The summed E-state index contributed by atoms with van der Waals surface area (Å²) in [6.45, 7) is 2.50. The normalized spacial score (nSPS) is 20.4. The van der Waals surface area contributed by atoms with E-state index in [2.05, 4.69) is 54.4 Å². The van der Waals surface area contributed by atoms with Crippen molar-refractivity contribution in [1.82, 2.24) is 4.48 Å². The van der Waals surface area contributed by atoms with Gasteiger partial charge in [-0.05, 0) is 5.39 Å². The first-order valence-electron chi connectivity index (χ1n) is 6.78. The van der Waals surface area contributed by atoms with Gasteiger partial charge in [0, 0.05) is 25.0 Å². The fourth-order valence-electron chi connectivity index (χ4n) is 3.68. The molecule has 18 heavy (non-hydrogen) atoms. The third kappa shape index (κ3) is 1.19. The number of hydrogen-bond acceptors (Lipinski definition) is 0. The second kappa shape index (κ2) is 3.42. The molecule has 2 nitrogen and oxygen atoms in total. The van der Waals surface area contributed by atoms with Gasteiger partial charge >= 0.3 is 6.34 Å². The van der Waals surface area contributed by atoms with Gasteiger partial charge in [0.05, 0.1) is 13.1 Å². The van der Waals surface area contributed by atoms with Crippen LogP contribution in [0.5, 0.6) is 0 Å². The Morgan fingerprint density at radius 2 is 1.72 bits per heavy atom. The van der Waals surface area contributed by atoms with Crippen LogP contribution in [0.3, 0.4) is 0 Å². The highest BCUT2D eigenvalue weighted by atomic mass is 15.4. The summed E-state index contributed by atoms with van der Waals surface area (Å²) in [6.07, 6.45) is 5.08. The molecule has 2 aliphatic rings. The molecular formula is C16H18N2+2. The van der Waals surface area contributed by atoms with Gasteiger partial charge in [0.15, 0.2) is 5.69 Å². The van der Waals surface area contributed by atoms with Crippen LogP contribution in [0, 0.1) is 0 Å². The molecule has 0 N–H and O–H groups in total. The van der Waals surface area contributed by atoms with Crippen molar-refractivity contribution in [2.45, 2.75) is 12.8 Å². The van der Waals surface area contributed by atoms with Crippen molar-refractivity contribution >= 4 is 28.5 Å². The van der Waals surface area contributed by atoms with Gasteiger partial charge in [-0.1, -0.05) is 24.3 Å². The summed E-state index contributed by atoms with van der Waals surface area (Å²) in [7, 11) is 2.18. The summed E-state index contributed by atoms with van der Waals surface area (Å²) in [6, 6.07) is 13.4. The molecule has 2 heteroatoms. The first kappa shape index (κ1) is 10.3. The second-order valence-electron chi connectivity index (χ2n) is 5.57. The lowest BCUT2D eigenvalue weighted by atomic mass is 10.0. The molecule has 0 aliphatic carbocycles. The predicted molar refractivity (Wildman–Crippen MR) is 76.6 cm³/mol. The van der Waals surface area contributed by atoms with E-state index in [1.165, 1.54) is 48.1 Å². The molecule has 0 atom stereocenters. The molecule has 1 spiro atoms. The van der Waals surface area contributed by atoms with Gasteiger partial charge in [0.2, 0.25) is 5.69 Å². The van der Waals surface area contributed by atoms with Crippen LogP contribution < -0.4 is 4.48 Å². The van der Waals surface area contributed by atoms with Crippen LogP contribution in [0.25, 0.3) is 10.8 Å². The minimum absolute atomic E-state index is 1.05. The number of benzene rings is 2. The van der Waals surface area contributed by atoms with Crippen LogP contribution in [0.2, 0.25) is 0 Å². The zero-order valence-electron chi connectivity index (χ0n) is 10.8. The van der Waals surface area contributed by atoms with Crippen LogP contribution in [0.1, 0.15) is 12.8 Å². The van der Waals surface area contributed by atoms with Gasteiger partial charge in [-0.3, -0.25) is 0 Å².